The lowest BCUT2D eigenvalue weighted by atomic mass is 10.1. The minimum absolute atomic E-state index is 0.0347. The van der Waals surface area contributed by atoms with Gasteiger partial charge in [-0.15, -0.1) is 0 Å². The van der Waals surface area contributed by atoms with Crippen LogP contribution in [0.3, 0.4) is 0 Å². The number of likely N-dealkylation sites (tertiary alicyclic amines) is 1. The van der Waals surface area contributed by atoms with E-state index in [4.69, 9.17) is 14.2 Å². The van der Waals surface area contributed by atoms with Crippen LogP contribution in [-0.4, -0.2) is 60.7 Å². The summed E-state index contributed by atoms with van der Waals surface area (Å²) in [6.07, 6.45) is 4.29. The summed E-state index contributed by atoms with van der Waals surface area (Å²) in [6, 6.07) is 17.0. The molecule has 2 N–H and O–H groups in total. The van der Waals surface area contributed by atoms with Crippen LogP contribution in [0.2, 0.25) is 0 Å². The third-order valence-electron chi connectivity index (χ3n) is 6.75. The number of hydrogen-bond acceptors (Lipinski definition) is 7. The molecule has 6 heterocycles. The molecule has 38 heavy (non-hydrogen) atoms. The Kier molecular flexibility index (Phi) is 8.04. The summed E-state index contributed by atoms with van der Waals surface area (Å²) in [6.45, 7) is 2.33. The first-order valence-electron chi connectivity index (χ1n) is 12.8. The molecule has 5 aliphatic rings. The van der Waals surface area contributed by atoms with E-state index in [1.165, 1.54) is 0 Å². The fourth-order valence-corrected chi connectivity index (χ4v) is 4.77. The number of ether oxygens (including phenoxy) is 3. The normalized spacial score (nSPS) is 20.6. The number of rotatable bonds is 3. The van der Waals surface area contributed by atoms with Gasteiger partial charge in [-0.3, -0.25) is 19.5 Å². The molecule has 0 saturated carbocycles. The van der Waals surface area contributed by atoms with Crippen molar-refractivity contribution >= 4 is 11.8 Å². The highest BCUT2D eigenvalue weighted by Gasteiger charge is 2.35. The molecule has 9 heteroatoms. The average Bonchev–Trinajstić information content (AvgIpc) is 3.30. The van der Waals surface area contributed by atoms with Crippen molar-refractivity contribution in [1.82, 2.24) is 20.5 Å². The molecule has 9 nitrogen and oxygen atoms in total. The maximum Gasteiger partial charge on any atom is 0.258 e. The minimum atomic E-state index is -0.231. The molecule has 0 spiro atoms. The van der Waals surface area contributed by atoms with Gasteiger partial charge in [0.2, 0.25) is 5.91 Å². The summed E-state index contributed by atoms with van der Waals surface area (Å²) < 4.78 is 17.5. The van der Waals surface area contributed by atoms with Gasteiger partial charge in [0.05, 0.1) is 13.2 Å². The summed E-state index contributed by atoms with van der Waals surface area (Å²) in [7, 11) is 1.55. The second-order valence-electron chi connectivity index (χ2n) is 9.58. The van der Waals surface area contributed by atoms with E-state index in [9.17, 15) is 9.59 Å². The molecular weight excluding hydrogens is 484 g/mol. The van der Waals surface area contributed by atoms with Crippen molar-refractivity contribution in [1.29, 1.82) is 0 Å². The van der Waals surface area contributed by atoms with Crippen LogP contribution in [0.25, 0.3) is 0 Å². The first-order valence-corrected chi connectivity index (χ1v) is 12.8. The molecule has 3 aromatic rings. The quantitative estimate of drug-likeness (QED) is 0.552. The molecule has 5 aliphatic heterocycles. The number of pyridine rings is 1. The molecule has 0 unspecified atom stereocenters. The van der Waals surface area contributed by atoms with E-state index in [0.29, 0.717) is 44.0 Å². The van der Waals surface area contributed by atoms with Gasteiger partial charge < -0.3 is 24.8 Å². The van der Waals surface area contributed by atoms with Gasteiger partial charge in [-0.25, -0.2) is 0 Å². The number of amides is 2. The third-order valence-corrected chi connectivity index (χ3v) is 6.75. The number of carbonyl (C=O) groups excluding carboxylic acids is 2. The smallest absolute Gasteiger partial charge is 0.258 e. The SMILES string of the molecule is COc1cc2ccc1OCC(=O)NCc1ccc(cc1)O[C@H]1CN(Cc3cccnc3)C[C@@H]1NC(=O)CC2. The number of carbonyl (C=O) groups is 2. The number of aromatic nitrogens is 1. The van der Waals surface area contributed by atoms with Crippen LogP contribution in [0.15, 0.2) is 67.0 Å². The fraction of sp³-hybridized carbons (Fsp3) is 0.345. The van der Waals surface area contributed by atoms with Crippen LogP contribution in [0.1, 0.15) is 23.1 Å². The van der Waals surface area contributed by atoms with Gasteiger partial charge in [-0.1, -0.05) is 24.3 Å². The van der Waals surface area contributed by atoms with Crippen LogP contribution < -0.4 is 24.8 Å². The molecule has 0 aliphatic carbocycles. The van der Waals surface area contributed by atoms with Gasteiger partial charge in [0.25, 0.3) is 5.91 Å². The van der Waals surface area contributed by atoms with Crippen molar-refractivity contribution in [3.05, 3.63) is 83.7 Å². The maximum absolute atomic E-state index is 13.0. The Morgan fingerprint density at radius 2 is 1.87 bits per heavy atom. The van der Waals surface area contributed by atoms with Crippen molar-refractivity contribution < 1.29 is 23.8 Å². The zero-order valence-electron chi connectivity index (χ0n) is 21.4. The predicted octanol–water partition coefficient (Wildman–Crippen LogP) is 2.48. The van der Waals surface area contributed by atoms with E-state index >= 15 is 0 Å². The first kappa shape index (κ1) is 25.5. The van der Waals surface area contributed by atoms with Crippen LogP contribution in [0.4, 0.5) is 0 Å². The number of nitrogens with one attached hydrogen (secondary N) is 2. The van der Waals surface area contributed by atoms with E-state index < -0.39 is 0 Å². The largest absolute Gasteiger partial charge is 0.493 e. The maximum atomic E-state index is 13.0. The van der Waals surface area contributed by atoms with Crippen LogP contribution in [0, 0.1) is 0 Å². The topological polar surface area (TPSA) is 102 Å². The summed E-state index contributed by atoms with van der Waals surface area (Å²) >= 11 is 0. The lowest BCUT2D eigenvalue weighted by molar-refractivity contribution is -0.123. The summed E-state index contributed by atoms with van der Waals surface area (Å²) in [5.41, 5.74) is 3.00. The second-order valence-corrected chi connectivity index (χ2v) is 9.58. The monoisotopic (exact) mass is 516 g/mol. The van der Waals surface area contributed by atoms with Gasteiger partial charge in [0.1, 0.15) is 11.9 Å². The number of benzene rings is 2. The Morgan fingerprint density at radius 3 is 2.66 bits per heavy atom. The van der Waals surface area contributed by atoms with E-state index in [1.807, 2.05) is 54.7 Å². The summed E-state index contributed by atoms with van der Waals surface area (Å²) in [4.78, 5) is 31.8. The van der Waals surface area contributed by atoms with Crippen LogP contribution >= 0.6 is 0 Å². The molecule has 2 atom stereocenters. The third kappa shape index (κ3) is 6.60. The molecular formula is C29H32N4O5. The van der Waals surface area contributed by atoms with Gasteiger partial charge in [0.15, 0.2) is 18.1 Å². The molecule has 2 aromatic carbocycles. The Bertz CT molecular complexity index is 1250. The lowest BCUT2D eigenvalue weighted by Gasteiger charge is -2.22. The van der Waals surface area contributed by atoms with Gasteiger partial charge in [-0.05, 0) is 53.4 Å². The first-order chi connectivity index (χ1) is 18.6. The standard InChI is InChI=1S/C29H32N4O5/c1-36-26-13-20-6-10-25(26)37-19-29(35)31-15-21-4-8-23(9-5-21)38-27-18-33(16-22-3-2-12-30-14-22)17-24(27)32-28(34)11-7-20/h2-6,8-10,12-14,24,27H,7,11,15-19H2,1H3,(H,31,35)(H,32,34)/t24-,27-/m0/s1. The van der Waals surface area contributed by atoms with Gasteiger partial charge >= 0.3 is 0 Å². The van der Waals surface area contributed by atoms with E-state index in [2.05, 4.69) is 20.5 Å². The Balaban J connectivity index is 1.35. The van der Waals surface area contributed by atoms with Crippen molar-refractivity contribution in [2.24, 2.45) is 0 Å². The van der Waals surface area contributed by atoms with Crippen molar-refractivity contribution in [2.45, 2.75) is 38.1 Å². The van der Waals surface area contributed by atoms with Gasteiger partial charge in [-0.2, -0.15) is 0 Å². The van der Waals surface area contributed by atoms with Gasteiger partial charge in [0, 0.05) is 45.0 Å². The number of hydrogen-bond donors (Lipinski definition) is 2. The van der Waals surface area contributed by atoms with Crippen molar-refractivity contribution in [3.8, 4) is 17.2 Å². The number of aryl methyl sites for hydroxylation is 1. The number of methoxy groups -OCH3 is 1. The Hall–Kier alpha value is -4.11. The molecule has 1 aromatic heterocycles. The average molecular weight is 517 g/mol. The predicted molar refractivity (Wildman–Crippen MR) is 141 cm³/mol. The second kappa shape index (κ2) is 12.0. The number of nitrogens with zero attached hydrogens (tertiary/aromatic N) is 2. The molecule has 8 rings (SSSR count). The van der Waals surface area contributed by atoms with Crippen molar-refractivity contribution in [2.75, 3.05) is 26.8 Å². The van der Waals surface area contributed by atoms with Crippen molar-refractivity contribution in [3.63, 3.8) is 0 Å². The molecule has 198 valence electrons. The Labute approximate surface area is 222 Å². The molecule has 0 radical (unpaired) electrons. The molecule has 2 amide bonds. The minimum Gasteiger partial charge on any atom is -0.493 e. The van der Waals surface area contributed by atoms with E-state index in [1.54, 1.807) is 19.4 Å². The van der Waals surface area contributed by atoms with Crippen LogP contribution in [-0.2, 0) is 29.1 Å². The summed E-state index contributed by atoms with van der Waals surface area (Å²) in [5, 5.41) is 6.08. The zero-order chi connectivity index (χ0) is 26.3. The highest BCUT2D eigenvalue weighted by atomic mass is 16.5. The molecule has 1 saturated heterocycles. The van der Waals surface area contributed by atoms with E-state index in [-0.39, 0.29) is 30.6 Å². The Morgan fingerprint density at radius 1 is 1.03 bits per heavy atom. The molecule has 1 fully saturated rings. The fourth-order valence-electron chi connectivity index (χ4n) is 4.77. The van der Waals surface area contributed by atoms with E-state index in [0.717, 1.165) is 29.0 Å². The lowest BCUT2D eigenvalue weighted by Crippen LogP contribution is -2.45. The molecule has 4 bridgehead atoms. The highest BCUT2D eigenvalue weighted by Crippen LogP contribution is 2.29. The van der Waals surface area contributed by atoms with Crippen LogP contribution in [0.5, 0.6) is 17.2 Å². The zero-order valence-corrected chi connectivity index (χ0v) is 21.4. The highest BCUT2D eigenvalue weighted by molar-refractivity contribution is 5.78. The summed E-state index contributed by atoms with van der Waals surface area (Å²) in [5.74, 6) is 1.46.